The van der Waals surface area contributed by atoms with E-state index < -0.39 is 0 Å². The maximum absolute atomic E-state index is 13.4. The molecule has 0 radical (unpaired) electrons. The summed E-state index contributed by atoms with van der Waals surface area (Å²) in [4.78, 5) is 19.5. The van der Waals surface area contributed by atoms with E-state index in [1.54, 1.807) is 24.7 Å². The number of hydrogen-bond acceptors (Lipinski definition) is 4. The van der Waals surface area contributed by atoms with Crippen molar-refractivity contribution in [3.63, 3.8) is 0 Å². The molecule has 4 nitrogen and oxygen atoms in total. The van der Waals surface area contributed by atoms with Crippen LogP contribution in [-0.4, -0.2) is 19.2 Å². The molecule has 0 bridgehead atoms. The summed E-state index contributed by atoms with van der Waals surface area (Å²) in [6.45, 7) is 6.91. The van der Waals surface area contributed by atoms with Crippen molar-refractivity contribution in [2.45, 2.75) is 40.0 Å². The average Bonchev–Trinajstić information content (AvgIpc) is 3.15. The highest BCUT2D eigenvalue weighted by Gasteiger charge is 2.33. The lowest BCUT2D eigenvalue weighted by molar-refractivity contribution is 0.102. The first-order valence-electron chi connectivity index (χ1n) is 11.1. The zero-order valence-corrected chi connectivity index (χ0v) is 21.8. The van der Waals surface area contributed by atoms with Gasteiger partial charge in [-0.2, -0.15) is 0 Å². The summed E-state index contributed by atoms with van der Waals surface area (Å²) in [5, 5.41) is 3.82. The van der Waals surface area contributed by atoms with Crippen molar-refractivity contribution in [1.29, 1.82) is 0 Å². The van der Waals surface area contributed by atoms with Gasteiger partial charge in [0, 0.05) is 26.8 Å². The molecule has 1 aliphatic carbocycles. The van der Waals surface area contributed by atoms with Gasteiger partial charge >= 0.3 is 0 Å². The van der Waals surface area contributed by atoms with Crippen molar-refractivity contribution in [1.82, 2.24) is 0 Å². The molecule has 0 saturated heterocycles. The Bertz CT molecular complexity index is 1180. The standard InChI is InChI=1S/C27H29BrN2O2S/c1-27(2,3)18-10-12-21-23(15-18)33-26(24(21)25(31)30-20-8-6-5-7-9-20)29-16-17-14-19(28)11-13-22(17)32-4/h5-9,11,13-14,16,18H,10,12,15H2,1-4H3,(H,30,31)/t18-/m0/s1. The van der Waals surface area contributed by atoms with Gasteiger partial charge in [0.05, 0.1) is 12.7 Å². The molecular weight excluding hydrogens is 496 g/mol. The summed E-state index contributed by atoms with van der Waals surface area (Å²) in [5.41, 5.74) is 3.75. The smallest absolute Gasteiger partial charge is 0.259 e. The number of para-hydroxylation sites is 1. The molecule has 3 aromatic rings. The van der Waals surface area contributed by atoms with Crippen molar-refractivity contribution in [3.05, 3.63) is 74.6 Å². The van der Waals surface area contributed by atoms with Crippen LogP contribution in [0, 0.1) is 11.3 Å². The van der Waals surface area contributed by atoms with Gasteiger partial charge in [-0.3, -0.25) is 4.79 Å². The molecule has 0 spiro atoms. The molecule has 1 N–H and O–H groups in total. The van der Waals surface area contributed by atoms with E-state index in [2.05, 4.69) is 42.0 Å². The van der Waals surface area contributed by atoms with Crippen LogP contribution < -0.4 is 10.1 Å². The molecule has 1 aromatic heterocycles. The second kappa shape index (κ2) is 9.82. The Hall–Kier alpha value is -2.44. The molecule has 0 fully saturated rings. The summed E-state index contributed by atoms with van der Waals surface area (Å²) in [6.07, 6.45) is 4.77. The molecule has 2 aromatic carbocycles. The number of ether oxygens (including phenoxy) is 1. The molecule has 172 valence electrons. The molecule has 1 aliphatic rings. The Morgan fingerprint density at radius 2 is 1.97 bits per heavy atom. The zero-order chi connectivity index (χ0) is 23.6. The Balaban J connectivity index is 1.73. The minimum atomic E-state index is -0.0961. The molecule has 6 heteroatoms. The quantitative estimate of drug-likeness (QED) is 0.348. The first kappa shape index (κ1) is 23.7. The number of nitrogens with zero attached hydrogens (tertiary/aromatic N) is 1. The van der Waals surface area contributed by atoms with Crippen molar-refractivity contribution in [3.8, 4) is 5.75 Å². The van der Waals surface area contributed by atoms with E-state index in [-0.39, 0.29) is 11.3 Å². The van der Waals surface area contributed by atoms with Crippen LogP contribution in [-0.2, 0) is 12.8 Å². The van der Waals surface area contributed by atoms with Crippen LogP contribution in [0.15, 0.2) is 58.0 Å². The van der Waals surface area contributed by atoms with E-state index >= 15 is 0 Å². The Kier molecular flexibility index (Phi) is 7.05. The van der Waals surface area contributed by atoms with E-state index in [1.165, 1.54) is 4.88 Å². The van der Waals surface area contributed by atoms with Gasteiger partial charge in [0.2, 0.25) is 0 Å². The largest absolute Gasteiger partial charge is 0.496 e. The number of halogens is 1. The molecule has 0 unspecified atom stereocenters. The predicted molar refractivity (Wildman–Crippen MR) is 142 cm³/mol. The molecule has 1 amide bonds. The number of methoxy groups -OCH3 is 1. The summed E-state index contributed by atoms with van der Waals surface area (Å²) in [7, 11) is 1.65. The lowest BCUT2D eigenvalue weighted by Crippen LogP contribution is -2.27. The van der Waals surface area contributed by atoms with Gasteiger partial charge < -0.3 is 10.1 Å². The molecule has 0 saturated carbocycles. The van der Waals surface area contributed by atoms with Crippen LogP contribution in [0.1, 0.15) is 53.6 Å². The van der Waals surface area contributed by atoms with Crippen LogP contribution in [0.3, 0.4) is 0 Å². The number of rotatable bonds is 5. The maximum Gasteiger partial charge on any atom is 0.259 e. The summed E-state index contributed by atoms with van der Waals surface area (Å²) in [5.74, 6) is 1.24. The van der Waals surface area contributed by atoms with Gasteiger partial charge in [-0.15, -0.1) is 11.3 Å². The minimum absolute atomic E-state index is 0.0961. The van der Waals surface area contributed by atoms with E-state index in [9.17, 15) is 4.79 Å². The molecule has 4 rings (SSSR count). The number of hydrogen-bond donors (Lipinski definition) is 1. The summed E-state index contributed by atoms with van der Waals surface area (Å²) >= 11 is 5.17. The van der Waals surface area contributed by atoms with Crippen LogP contribution in [0.4, 0.5) is 10.7 Å². The average molecular weight is 526 g/mol. The predicted octanol–water partition coefficient (Wildman–Crippen LogP) is 7.67. The minimum Gasteiger partial charge on any atom is -0.496 e. The first-order valence-corrected chi connectivity index (χ1v) is 12.8. The van der Waals surface area contributed by atoms with Crippen molar-refractivity contribution in [2.75, 3.05) is 12.4 Å². The highest BCUT2D eigenvalue weighted by Crippen LogP contribution is 2.45. The number of aliphatic imine (C=N–C) groups is 1. The SMILES string of the molecule is COc1ccc(Br)cc1C=Nc1sc2c(c1C(=O)Nc1ccccc1)CC[C@H](C(C)(C)C)C2. The third-order valence-corrected chi connectivity index (χ3v) is 7.90. The fourth-order valence-corrected chi connectivity index (χ4v) is 5.93. The zero-order valence-electron chi connectivity index (χ0n) is 19.4. The number of benzene rings is 2. The van der Waals surface area contributed by atoms with Crippen LogP contribution in [0.5, 0.6) is 5.75 Å². The lowest BCUT2D eigenvalue weighted by atomic mass is 9.72. The monoisotopic (exact) mass is 524 g/mol. The van der Waals surface area contributed by atoms with Crippen LogP contribution >= 0.6 is 27.3 Å². The van der Waals surface area contributed by atoms with Gasteiger partial charge in [0.1, 0.15) is 10.8 Å². The number of fused-ring (bicyclic) bond motifs is 1. The number of anilines is 1. The van der Waals surface area contributed by atoms with Gasteiger partial charge in [0.25, 0.3) is 5.91 Å². The second-order valence-electron chi connectivity index (χ2n) is 9.45. The summed E-state index contributed by atoms with van der Waals surface area (Å²) in [6, 6.07) is 15.4. The lowest BCUT2D eigenvalue weighted by Gasteiger charge is -2.33. The second-order valence-corrected chi connectivity index (χ2v) is 11.5. The van der Waals surface area contributed by atoms with Gasteiger partial charge in [-0.1, -0.05) is 54.9 Å². The number of carbonyl (C=O) groups is 1. The number of thiophene rings is 1. The highest BCUT2D eigenvalue weighted by molar-refractivity contribution is 9.10. The van der Waals surface area contributed by atoms with Gasteiger partial charge in [-0.05, 0) is 66.5 Å². The van der Waals surface area contributed by atoms with E-state index in [0.29, 0.717) is 11.5 Å². The fourth-order valence-electron chi connectivity index (χ4n) is 4.29. The highest BCUT2D eigenvalue weighted by atomic mass is 79.9. The topological polar surface area (TPSA) is 50.7 Å². The molecule has 1 heterocycles. The first-order chi connectivity index (χ1) is 15.8. The Morgan fingerprint density at radius 3 is 2.67 bits per heavy atom. The van der Waals surface area contributed by atoms with Crippen molar-refractivity contribution >= 4 is 50.1 Å². The fraction of sp³-hybridized carbons (Fsp3) is 0.333. The molecule has 1 atom stereocenters. The Morgan fingerprint density at radius 1 is 1.21 bits per heavy atom. The molecule has 0 aliphatic heterocycles. The van der Waals surface area contributed by atoms with Gasteiger partial charge in [0.15, 0.2) is 0 Å². The Labute approximate surface area is 208 Å². The van der Waals surface area contributed by atoms with E-state index in [0.717, 1.165) is 51.3 Å². The van der Waals surface area contributed by atoms with Crippen molar-refractivity contribution in [2.24, 2.45) is 16.3 Å². The number of nitrogens with one attached hydrogen (secondary N) is 1. The van der Waals surface area contributed by atoms with Crippen molar-refractivity contribution < 1.29 is 9.53 Å². The van der Waals surface area contributed by atoms with Gasteiger partial charge in [-0.25, -0.2) is 4.99 Å². The maximum atomic E-state index is 13.4. The third kappa shape index (κ3) is 5.39. The normalized spacial score (nSPS) is 16.0. The third-order valence-electron chi connectivity index (χ3n) is 6.24. The molecular formula is C27H29BrN2O2S. The summed E-state index contributed by atoms with van der Waals surface area (Å²) < 4.78 is 6.44. The van der Waals surface area contributed by atoms with Crippen LogP contribution in [0.2, 0.25) is 0 Å². The number of amides is 1. The van der Waals surface area contributed by atoms with Crippen LogP contribution in [0.25, 0.3) is 0 Å². The van der Waals surface area contributed by atoms with E-state index in [1.807, 2.05) is 48.5 Å². The molecule has 33 heavy (non-hydrogen) atoms. The van der Waals surface area contributed by atoms with E-state index in [4.69, 9.17) is 9.73 Å². The number of carbonyl (C=O) groups excluding carboxylic acids is 1.